The van der Waals surface area contributed by atoms with Crippen molar-refractivity contribution in [2.45, 2.75) is 26.8 Å². The molecule has 0 bridgehead atoms. The second kappa shape index (κ2) is 6.20. The molecule has 0 fully saturated rings. The van der Waals surface area contributed by atoms with Gasteiger partial charge in [-0.2, -0.15) is 0 Å². The van der Waals surface area contributed by atoms with E-state index in [9.17, 15) is 9.59 Å². The lowest BCUT2D eigenvalue weighted by Crippen LogP contribution is -2.36. The van der Waals surface area contributed by atoms with Crippen LogP contribution in [0.1, 0.15) is 29.9 Å². The van der Waals surface area contributed by atoms with Gasteiger partial charge in [-0.25, -0.2) is 0 Å². The van der Waals surface area contributed by atoms with Gasteiger partial charge in [0.25, 0.3) is 11.5 Å². The molecule has 0 unspecified atom stereocenters. The van der Waals surface area contributed by atoms with Crippen LogP contribution in [0.2, 0.25) is 0 Å². The number of carbonyl (C=O) groups excluding carboxylic acids is 1. The van der Waals surface area contributed by atoms with Crippen molar-refractivity contribution in [2.75, 3.05) is 13.1 Å². The second-order valence-corrected chi connectivity index (χ2v) is 4.25. The van der Waals surface area contributed by atoms with Crippen LogP contribution < -0.4 is 16.2 Å². The lowest BCUT2D eigenvalue weighted by molar-refractivity contribution is 0.0952. The molecular formula is C12H19N3O2. The van der Waals surface area contributed by atoms with E-state index in [0.29, 0.717) is 19.1 Å². The number of aromatic nitrogens is 1. The zero-order valence-corrected chi connectivity index (χ0v) is 10.5. The maximum atomic E-state index is 11.7. The summed E-state index contributed by atoms with van der Waals surface area (Å²) >= 11 is 0. The molecule has 0 radical (unpaired) electrons. The quantitative estimate of drug-likeness (QED) is 0.649. The van der Waals surface area contributed by atoms with Gasteiger partial charge in [0.15, 0.2) is 0 Å². The number of aromatic amines is 1. The predicted octanol–water partition coefficient (Wildman–Crippen LogP) is 0.411. The van der Waals surface area contributed by atoms with Crippen molar-refractivity contribution in [2.24, 2.45) is 0 Å². The van der Waals surface area contributed by atoms with E-state index in [1.165, 1.54) is 0 Å². The monoisotopic (exact) mass is 237 g/mol. The first-order chi connectivity index (χ1) is 8.00. The molecule has 0 aliphatic carbocycles. The molecule has 0 atom stereocenters. The molecule has 1 rings (SSSR count). The number of pyridine rings is 1. The van der Waals surface area contributed by atoms with Crippen LogP contribution in [0, 0.1) is 6.92 Å². The third-order valence-corrected chi connectivity index (χ3v) is 2.26. The Bertz CT molecular complexity index is 438. The molecular weight excluding hydrogens is 218 g/mol. The smallest absolute Gasteiger partial charge is 0.260 e. The highest BCUT2D eigenvalue weighted by atomic mass is 16.2. The molecule has 1 aromatic heterocycles. The second-order valence-electron chi connectivity index (χ2n) is 4.25. The molecule has 3 N–H and O–H groups in total. The van der Waals surface area contributed by atoms with Crippen molar-refractivity contribution in [3.8, 4) is 0 Å². The van der Waals surface area contributed by atoms with Gasteiger partial charge in [-0.3, -0.25) is 9.59 Å². The summed E-state index contributed by atoms with van der Waals surface area (Å²) in [5.41, 5.74) is 0.549. The van der Waals surface area contributed by atoms with Gasteiger partial charge in [0.1, 0.15) is 5.56 Å². The number of aryl methyl sites for hydroxylation is 1. The average Bonchev–Trinajstić information content (AvgIpc) is 2.23. The third-order valence-electron chi connectivity index (χ3n) is 2.26. The summed E-state index contributed by atoms with van der Waals surface area (Å²) in [6, 6.07) is 3.64. The van der Waals surface area contributed by atoms with Crippen molar-refractivity contribution in [1.82, 2.24) is 15.6 Å². The van der Waals surface area contributed by atoms with Crippen LogP contribution in [0.25, 0.3) is 0 Å². The van der Waals surface area contributed by atoms with Crippen LogP contribution in [-0.4, -0.2) is 30.0 Å². The molecule has 0 aromatic carbocycles. The molecule has 0 saturated carbocycles. The van der Waals surface area contributed by atoms with Crippen molar-refractivity contribution >= 4 is 5.91 Å². The van der Waals surface area contributed by atoms with Gasteiger partial charge in [0.05, 0.1) is 0 Å². The standard InChI is InChI=1S/C12H19N3O2/c1-8(2)13-6-7-14-11(16)10-5-4-9(3)15-12(10)17/h4-5,8,13H,6-7H2,1-3H3,(H,14,16)(H,15,17). The molecule has 1 heterocycles. The molecule has 94 valence electrons. The van der Waals surface area contributed by atoms with E-state index in [1.807, 2.05) is 13.8 Å². The number of hydrogen-bond acceptors (Lipinski definition) is 3. The number of nitrogens with one attached hydrogen (secondary N) is 3. The fourth-order valence-electron chi connectivity index (χ4n) is 1.38. The Morgan fingerprint density at radius 1 is 1.35 bits per heavy atom. The minimum absolute atomic E-state index is 0.153. The maximum Gasteiger partial charge on any atom is 0.260 e. The number of carbonyl (C=O) groups is 1. The Labute approximate surface area is 101 Å². The Hall–Kier alpha value is -1.62. The number of amides is 1. The zero-order valence-electron chi connectivity index (χ0n) is 10.5. The fraction of sp³-hybridized carbons (Fsp3) is 0.500. The Kier molecular flexibility index (Phi) is 4.90. The van der Waals surface area contributed by atoms with Crippen molar-refractivity contribution in [1.29, 1.82) is 0 Å². The first-order valence-corrected chi connectivity index (χ1v) is 5.72. The van der Waals surface area contributed by atoms with Crippen LogP contribution in [0.3, 0.4) is 0 Å². The largest absolute Gasteiger partial charge is 0.351 e. The van der Waals surface area contributed by atoms with E-state index < -0.39 is 0 Å². The van der Waals surface area contributed by atoms with Crippen molar-refractivity contribution in [3.05, 3.63) is 33.7 Å². The van der Waals surface area contributed by atoms with Crippen molar-refractivity contribution < 1.29 is 4.79 Å². The number of hydrogen-bond donors (Lipinski definition) is 3. The third kappa shape index (κ3) is 4.40. The zero-order chi connectivity index (χ0) is 12.8. The van der Waals surface area contributed by atoms with Crippen LogP contribution in [-0.2, 0) is 0 Å². The highest BCUT2D eigenvalue weighted by Gasteiger charge is 2.09. The Morgan fingerprint density at radius 2 is 2.06 bits per heavy atom. The maximum absolute atomic E-state index is 11.7. The van der Waals surface area contributed by atoms with Crippen molar-refractivity contribution in [3.63, 3.8) is 0 Å². The number of rotatable bonds is 5. The predicted molar refractivity (Wildman–Crippen MR) is 67.3 cm³/mol. The first kappa shape index (κ1) is 13.4. The highest BCUT2D eigenvalue weighted by Crippen LogP contribution is 1.93. The van der Waals surface area contributed by atoms with Gasteiger partial charge >= 0.3 is 0 Å². The summed E-state index contributed by atoms with van der Waals surface area (Å²) in [4.78, 5) is 25.7. The normalized spacial score (nSPS) is 10.6. The van der Waals surface area contributed by atoms with E-state index >= 15 is 0 Å². The van der Waals surface area contributed by atoms with E-state index in [4.69, 9.17) is 0 Å². The molecule has 0 aliphatic heterocycles. The molecule has 0 saturated heterocycles. The summed E-state index contributed by atoms with van der Waals surface area (Å²) in [6.07, 6.45) is 0. The summed E-state index contributed by atoms with van der Waals surface area (Å²) in [6.45, 7) is 7.03. The SMILES string of the molecule is Cc1ccc(C(=O)NCCNC(C)C)c(=O)[nH]1. The summed E-state index contributed by atoms with van der Waals surface area (Å²) < 4.78 is 0. The Balaban J connectivity index is 2.50. The topological polar surface area (TPSA) is 74.0 Å². The summed E-state index contributed by atoms with van der Waals surface area (Å²) in [5, 5.41) is 5.87. The van der Waals surface area contributed by atoms with E-state index in [1.54, 1.807) is 19.1 Å². The van der Waals surface area contributed by atoms with Crippen LogP contribution in [0.5, 0.6) is 0 Å². The minimum atomic E-state index is -0.348. The van der Waals surface area contributed by atoms with E-state index in [0.717, 1.165) is 5.69 Å². The van der Waals surface area contributed by atoms with Gasteiger partial charge in [0, 0.05) is 24.8 Å². The molecule has 5 heteroatoms. The van der Waals surface area contributed by atoms with Gasteiger partial charge in [-0.05, 0) is 19.1 Å². The van der Waals surface area contributed by atoms with E-state index in [2.05, 4.69) is 15.6 Å². The lowest BCUT2D eigenvalue weighted by Gasteiger charge is -2.08. The molecule has 17 heavy (non-hydrogen) atoms. The van der Waals surface area contributed by atoms with Gasteiger partial charge in [-0.15, -0.1) is 0 Å². The Morgan fingerprint density at radius 3 is 2.65 bits per heavy atom. The van der Waals surface area contributed by atoms with Gasteiger partial charge in [0.2, 0.25) is 0 Å². The first-order valence-electron chi connectivity index (χ1n) is 5.72. The summed E-state index contributed by atoms with van der Waals surface area (Å²) in [5.74, 6) is -0.336. The van der Waals surface area contributed by atoms with Crippen LogP contribution >= 0.6 is 0 Å². The van der Waals surface area contributed by atoms with Crippen LogP contribution in [0.15, 0.2) is 16.9 Å². The molecule has 0 aliphatic rings. The summed E-state index contributed by atoms with van der Waals surface area (Å²) in [7, 11) is 0. The van der Waals surface area contributed by atoms with Gasteiger partial charge in [-0.1, -0.05) is 13.8 Å². The minimum Gasteiger partial charge on any atom is -0.351 e. The number of H-pyrrole nitrogens is 1. The lowest BCUT2D eigenvalue weighted by atomic mass is 10.2. The molecule has 1 amide bonds. The van der Waals surface area contributed by atoms with Gasteiger partial charge < -0.3 is 15.6 Å². The average molecular weight is 237 g/mol. The van der Waals surface area contributed by atoms with Crippen LogP contribution in [0.4, 0.5) is 0 Å². The fourth-order valence-corrected chi connectivity index (χ4v) is 1.38. The highest BCUT2D eigenvalue weighted by molar-refractivity contribution is 5.93. The molecule has 1 aromatic rings. The van der Waals surface area contributed by atoms with E-state index in [-0.39, 0.29) is 17.0 Å². The molecule has 5 nitrogen and oxygen atoms in total. The molecule has 0 spiro atoms.